The number of phenols is 1. The van der Waals surface area contributed by atoms with Gasteiger partial charge in [0.1, 0.15) is 53.5 Å². The van der Waals surface area contributed by atoms with Gasteiger partial charge < -0.3 is 33.9 Å². The van der Waals surface area contributed by atoms with E-state index in [4.69, 9.17) is 51.1 Å². The van der Waals surface area contributed by atoms with Gasteiger partial charge in [0, 0.05) is 28.6 Å². The maximum Gasteiger partial charge on any atom is 0.345 e. The number of ether oxygens (including phenoxy) is 5. The predicted molar refractivity (Wildman–Crippen MR) is 280 cm³/mol. The normalized spacial score (nSPS) is 12.3. The maximum atomic E-state index is 14.5. The van der Waals surface area contributed by atoms with Crippen LogP contribution in [0.3, 0.4) is 0 Å². The van der Waals surface area contributed by atoms with Crippen LogP contribution >= 0.6 is 34.5 Å². The van der Waals surface area contributed by atoms with Crippen LogP contribution in [0.25, 0.3) is 43.2 Å². The van der Waals surface area contributed by atoms with Crippen LogP contribution in [-0.4, -0.2) is 83.7 Å². The number of aryl methyl sites for hydroxylation is 1. The summed E-state index contributed by atoms with van der Waals surface area (Å²) < 4.78 is 76.5. The van der Waals surface area contributed by atoms with Gasteiger partial charge in [-0.05, 0) is 104 Å². The predicted octanol–water partition coefficient (Wildman–Crippen LogP) is 11.6. The third-order valence-corrected chi connectivity index (χ3v) is 14.9. The molecule has 0 aliphatic carbocycles. The molecule has 0 amide bonds. The fourth-order valence-electron chi connectivity index (χ4n) is 7.93. The van der Waals surface area contributed by atoms with Gasteiger partial charge in [-0.2, -0.15) is 8.42 Å². The molecular formula is C54H47Cl2FN4O11S2. The Balaban J connectivity index is 1.15. The highest BCUT2D eigenvalue weighted by atomic mass is 35.5. The molecule has 3 aromatic heterocycles. The molecule has 5 aromatic carbocycles. The number of hydrogen-bond donors (Lipinski definition) is 2. The van der Waals surface area contributed by atoms with E-state index in [2.05, 4.69) is 26.5 Å². The molecule has 15 nitrogen and oxygen atoms in total. The average Bonchev–Trinajstić information content (AvgIpc) is 3.78. The van der Waals surface area contributed by atoms with Crippen molar-refractivity contribution in [1.82, 2.24) is 19.9 Å². The van der Waals surface area contributed by atoms with Crippen LogP contribution in [-0.2, 0) is 36.9 Å². The highest BCUT2D eigenvalue weighted by molar-refractivity contribution is 7.86. The molecule has 382 valence electrons. The van der Waals surface area contributed by atoms with E-state index in [1.165, 1.54) is 66.2 Å². The minimum absolute atomic E-state index is 0.0119. The van der Waals surface area contributed by atoms with E-state index in [0.717, 1.165) is 5.56 Å². The van der Waals surface area contributed by atoms with Crippen molar-refractivity contribution in [1.29, 1.82) is 0 Å². The lowest BCUT2D eigenvalue weighted by Crippen LogP contribution is -2.30. The first-order chi connectivity index (χ1) is 35.6. The molecule has 0 spiro atoms. The fraction of sp³-hybridized carbons (Fsp3) is 0.204. The number of aromatic hydroxyl groups is 1. The van der Waals surface area contributed by atoms with Gasteiger partial charge in [0.15, 0.2) is 11.6 Å². The molecule has 2 N–H and O–H groups in total. The number of rotatable bonds is 22. The molecule has 3 heterocycles. The monoisotopic (exact) mass is 1080 g/mol. The molecule has 0 unspecified atom stereocenters. The summed E-state index contributed by atoms with van der Waals surface area (Å²) in [5.74, 6) is -0.836. The molecule has 0 fully saturated rings. The van der Waals surface area contributed by atoms with Crippen LogP contribution in [0.5, 0.6) is 28.9 Å². The number of para-hydroxylation sites is 1. The van der Waals surface area contributed by atoms with Crippen LogP contribution in [0.1, 0.15) is 27.9 Å². The summed E-state index contributed by atoms with van der Waals surface area (Å²) in [6.07, 6.45) is 1.39. The Bertz CT molecular complexity index is 3440. The molecule has 2 atom stereocenters. The van der Waals surface area contributed by atoms with Crippen molar-refractivity contribution in [2.75, 3.05) is 26.9 Å². The SMILES string of the molecule is C=CCOC[C@H](COS(=O)(=O)c1ccc(C)cc1)Oc1c(Cl)c(C)c(-c2c(-c3ccc(F)cc3)sc3ncnc(O[C@H](Cc4cc(O)ccc4OCc4ccnc(-c5ccccc5OC)n4)C(=O)O)c23)c(C)c1Cl. The summed E-state index contributed by atoms with van der Waals surface area (Å²) >= 11 is 15.6. The number of fused-ring (bicyclic) bond motifs is 1. The molecule has 0 radical (unpaired) electrons. The second-order valence-corrected chi connectivity index (χ2v) is 20.0. The zero-order valence-corrected chi connectivity index (χ0v) is 43.3. The summed E-state index contributed by atoms with van der Waals surface area (Å²) in [6.45, 7) is 8.42. The van der Waals surface area contributed by atoms with Gasteiger partial charge in [-0.15, -0.1) is 17.9 Å². The van der Waals surface area contributed by atoms with E-state index in [1.807, 2.05) is 25.1 Å². The summed E-state index contributed by atoms with van der Waals surface area (Å²) in [5, 5.41) is 21.8. The summed E-state index contributed by atoms with van der Waals surface area (Å²) in [7, 11) is -2.66. The molecule has 0 saturated heterocycles. The first-order valence-electron chi connectivity index (χ1n) is 22.7. The lowest BCUT2D eigenvalue weighted by atomic mass is 9.92. The molecule has 0 saturated carbocycles. The first-order valence-corrected chi connectivity index (χ1v) is 25.7. The van der Waals surface area contributed by atoms with Gasteiger partial charge in [0.05, 0.1) is 51.9 Å². The number of methoxy groups -OCH3 is 1. The number of carbonyl (C=O) groups is 1. The second-order valence-electron chi connectivity index (χ2n) is 16.7. The van der Waals surface area contributed by atoms with Crippen LogP contribution in [0.15, 0.2) is 127 Å². The van der Waals surface area contributed by atoms with Crippen molar-refractivity contribution < 1.29 is 55.7 Å². The number of halogens is 3. The Kier molecular flexibility index (Phi) is 16.8. The Labute approximate surface area is 439 Å². The lowest BCUT2D eigenvalue weighted by Gasteiger charge is -2.24. The molecular weight excluding hydrogens is 1030 g/mol. The highest BCUT2D eigenvalue weighted by Gasteiger charge is 2.32. The van der Waals surface area contributed by atoms with Crippen LogP contribution < -0.4 is 18.9 Å². The Morgan fingerprint density at radius 1 is 0.878 bits per heavy atom. The van der Waals surface area contributed by atoms with E-state index >= 15 is 0 Å². The van der Waals surface area contributed by atoms with Gasteiger partial charge in [0.2, 0.25) is 12.0 Å². The van der Waals surface area contributed by atoms with E-state index in [-0.39, 0.29) is 64.3 Å². The number of nitrogens with zero attached hydrogens (tertiary/aromatic N) is 4. The number of hydrogen-bond acceptors (Lipinski definition) is 15. The lowest BCUT2D eigenvalue weighted by molar-refractivity contribution is -0.145. The van der Waals surface area contributed by atoms with Crippen LogP contribution in [0.4, 0.5) is 4.39 Å². The van der Waals surface area contributed by atoms with Crippen LogP contribution in [0, 0.1) is 26.6 Å². The number of benzene rings is 5. The summed E-state index contributed by atoms with van der Waals surface area (Å²) in [5.41, 5.74) is 4.72. The molecule has 0 bridgehead atoms. The molecule has 20 heteroatoms. The molecule has 0 aliphatic rings. The van der Waals surface area contributed by atoms with Gasteiger partial charge in [-0.3, -0.25) is 4.18 Å². The third-order valence-electron chi connectivity index (χ3n) is 11.6. The van der Waals surface area contributed by atoms with Gasteiger partial charge in [-0.25, -0.2) is 29.1 Å². The highest BCUT2D eigenvalue weighted by Crippen LogP contribution is 2.53. The van der Waals surface area contributed by atoms with Crippen molar-refractivity contribution in [3.63, 3.8) is 0 Å². The Hall–Kier alpha value is -7.19. The number of aliphatic carboxylic acids is 1. The van der Waals surface area contributed by atoms with Crippen molar-refractivity contribution in [3.05, 3.63) is 166 Å². The smallest absolute Gasteiger partial charge is 0.345 e. The largest absolute Gasteiger partial charge is 0.508 e. The van der Waals surface area contributed by atoms with Crippen molar-refractivity contribution in [2.24, 2.45) is 0 Å². The number of carboxylic acids is 1. The fourth-order valence-corrected chi connectivity index (χ4v) is 10.5. The summed E-state index contributed by atoms with van der Waals surface area (Å²) in [6, 6.07) is 25.3. The standard InChI is InChI=1S/C54H47Cl2FN4O11S2/c1-6-23-68-27-38(28-70-74(65,66)39-18-11-30(2)12-19-39)71-49-47(55)31(3)44(32(4)48(49)56)45-46-52(59-29-60-53(46)73-50(45)33-13-15-35(57)16-14-33)72-43(54(63)64)25-34-24-37(62)17-20-41(34)69-26-36-21-22-58-51(61-36)40-9-7-8-10-42(40)67-5/h6-22,24,29,38,43,62H,1,23,25-28H2,2-5H3,(H,63,64)/t38-,43-/m1/s1. The maximum absolute atomic E-state index is 14.5. The number of phenolic OH excluding ortho intramolecular Hbond substituents is 1. The van der Waals surface area contributed by atoms with Crippen molar-refractivity contribution in [3.8, 4) is 61.8 Å². The van der Waals surface area contributed by atoms with Gasteiger partial charge in [0.25, 0.3) is 10.1 Å². The van der Waals surface area contributed by atoms with E-state index in [0.29, 0.717) is 71.3 Å². The van der Waals surface area contributed by atoms with Crippen molar-refractivity contribution in [2.45, 2.75) is 50.9 Å². The van der Waals surface area contributed by atoms with E-state index in [9.17, 15) is 27.8 Å². The molecule has 8 rings (SSSR count). The Morgan fingerprint density at radius 3 is 2.31 bits per heavy atom. The van der Waals surface area contributed by atoms with Gasteiger partial charge in [-0.1, -0.05) is 71.2 Å². The average molecular weight is 1080 g/mol. The zero-order chi connectivity index (χ0) is 52.7. The number of thiophene rings is 1. The number of carboxylic acid groups (broad SMARTS) is 1. The third kappa shape index (κ3) is 11.9. The molecule has 8 aromatic rings. The first kappa shape index (κ1) is 53.1. The quantitative estimate of drug-likeness (QED) is 0.0369. The van der Waals surface area contributed by atoms with E-state index < -0.39 is 40.7 Å². The molecule has 0 aliphatic heterocycles. The summed E-state index contributed by atoms with van der Waals surface area (Å²) in [4.78, 5) is 32.2. The minimum atomic E-state index is -4.22. The van der Waals surface area contributed by atoms with Crippen LogP contribution in [0.2, 0.25) is 10.0 Å². The van der Waals surface area contributed by atoms with Gasteiger partial charge >= 0.3 is 5.97 Å². The molecule has 74 heavy (non-hydrogen) atoms. The Morgan fingerprint density at radius 2 is 1.61 bits per heavy atom. The number of aromatic nitrogens is 4. The minimum Gasteiger partial charge on any atom is -0.508 e. The zero-order valence-electron chi connectivity index (χ0n) is 40.2. The second kappa shape index (κ2) is 23.3. The van der Waals surface area contributed by atoms with E-state index in [1.54, 1.807) is 63.6 Å². The topological polar surface area (TPSA) is 199 Å². The van der Waals surface area contributed by atoms with Crippen molar-refractivity contribution >= 4 is 60.8 Å².